The molecule has 0 saturated carbocycles. The van der Waals surface area contributed by atoms with E-state index in [1.807, 2.05) is 30.3 Å². The zero-order chi connectivity index (χ0) is 11.4. The zero-order valence-corrected chi connectivity index (χ0v) is 10.1. The van der Waals surface area contributed by atoms with Gasteiger partial charge in [-0.25, -0.2) is 4.98 Å². The second-order valence-corrected chi connectivity index (χ2v) is 4.05. The minimum Gasteiger partial charge on any atom is -0.473 e. The maximum atomic E-state index is 5.63. The van der Waals surface area contributed by atoms with Crippen LogP contribution < -0.4 is 10.5 Å². The molecule has 4 heteroatoms. The molecule has 82 valence electrons. The molecule has 16 heavy (non-hydrogen) atoms. The van der Waals surface area contributed by atoms with E-state index in [4.69, 9.17) is 10.5 Å². The first-order valence-electron chi connectivity index (χ1n) is 4.84. The molecular formula is C12H11BrN2O. The fourth-order valence-corrected chi connectivity index (χ4v) is 1.55. The molecule has 2 aromatic rings. The Morgan fingerprint density at radius 3 is 2.56 bits per heavy atom. The number of pyridine rings is 1. The number of hydrogen-bond donors (Lipinski definition) is 1. The Balaban J connectivity index is 2.03. The number of halogens is 1. The third kappa shape index (κ3) is 2.73. The standard InChI is InChI=1S/C12H11BrN2O/c13-12-10(14)6-7-11(15-12)16-8-9-4-2-1-3-5-9/h1-7H,8,14H2. The van der Waals surface area contributed by atoms with Crippen LogP contribution in [-0.2, 0) is 6.61 Å². The summed E-state index contributed by atoms with van der Waals surface area (Å²) in [5.74, 6) is 0.560. The second-order valence-electron chi connectivity index (χ2n) is 3.30. The Kier molecular flexibility index (Phi) is 3.41. The van der Waals surface area contributed by atoms with Crippen LogP contribution >= 0.6 is 15.9 Å². The van der Waals surface area contributed by atoms with Gasteiger partial charge in [-0.3, -0.25) is 0 Å². The lowest BCUT2D eigenvalue weighted by Crippen LogP contribution is -1.98. The van der Waals surface area contributed by atoms with Gasteiger partial charge in [0, 0.05) is 6.07 Å². The molecule has 0 spiro atoms. The van der Waals surface area contributed by atoms with Crippen LogP contribution in [0, 0.1) is 0 Å². The Morgan fingerprint density at radius 2 is 1.88 bits per heavy atom. The third-order valence-corrected chi connectivity index (χ3v) is 2.72. The van der Waals surface area contributed by atoms with E-state index in [1.54, 1.807) is 12.1 Å². The number of nitrogen functional groups attached to an aromatic ring is 1. The van der Waals surface area contributed by atoms with Gasteiger partial charge in [0.15, 0.2) is 0 Å². The van der Waals surface area contributed by atoms with Crippen molar-refractivity contribution in [3.63, 3.8) is 0 Å². The van der Waals surface area contributed by atoms with Crippen molar-refractivity contribution in [1.82, 2.24) is 4.98 Å². The minimum absolute atomic E-state index is 0.504. The van der Waals surface area contributed by atoms with E-state index in [1.165, 1.54) is 0 Å². The van der Waals surface area contributed by atoms with Gasteiger partial charge >= 0.3 is 0 Å². The van der Waals surface area contributed by atoms with Crippen molar-refractivity contribution >= 4 is 21.6 Å². The largest absolute Gasteiger partial charge is 0.473 e. The van der Waals surface area contributed by atoms with E-state index in [9.17, 15) is 0 Å². The number of hydrogen-bond acceptors (Lipinski definition) is 3. The number of benzene rings is 1. The molecule has 0 unspecified atom stereocenters. The number of ether oxygens (including phenoxy) is 1. The Morgan fingerprint density at radius 1 is 1.12 bits per heavy atom. The lowest BCUT2D eigenvalue weighted by molar-refractivity contribution is 0.293. The highest BCUT2D eigenvalue weighted by Gasteiger charge is 2.00. The molecule has 0 bridgehead atoms. The number of anilines is 1. The monoisotopic (exact) mass is 278 g/mol. The molecule has 2 N–H and O–H groups in total. The summed E-state index contributed by atoms with van der Waals surface area (Å²) in [5, 5.41) is 0. The summed E-state index contributed by atoms with van der Waals surface area (Å²) in [6, 6.07) is 13.5. The van der Waals surface area contributed by atoms with Crippen molar-refractivity contribution in [3.05, 3.63) is 52.6 Å². The van der Waals surface area contributed by atoms with Gasteiger partial charge in [0.1, 0.15) is 11.2 Å². The summed E-state index contributed by atoms with van der Waals surface area (Å²) in [7, 11) is 0. The Hall–Kier alpha value is -1.55. The van der Waals surface area contributed by atoms with Crippen molar-refractivity contribution < 1.29 is 4.74 Å². The number of nitrogens with zero attached hydrogens (tertiary/aromatic N) is 1. The topological polar surface area (TPSA) is 48.1 Å². The second kappa shape index (κ2) is 4.99. The summed E-state index contributed by atoms with van der Waals surface area (Å²) in [6.07, 6.45) is 0. The highest BCUT2D eigenvalue weighted by atomic mass is 79.9. The van der Waals surface area contributed by atoms with Crippen LogP contribution in [0.15, 0.2) is 47.1 Å². The summed E-state index contributed by atoms with van der Waals surface area (Å²) in [5.41, 5.74) is 7.34. The van der Waals surface area contributed by atoms with E-state index in [2.05, 4.69) is 20.9 Å². The smallest absolute Gasteiger partial charge is 0.214 e. The summed E-state index contributed by atoms with van der Waals surface area (Å²) in [4.78, 5) is 4.16. The van der Waals surface area contributed by atoms with E-state index in [0.29, 0.717) is 22.8 Å². The lowest BCUT2D eigenvalue weighted by Gasteiger charge is -2.06. The molecule has 0 aliphatic rings. The number of nitrogens with two attached hydrogens (primary N) is 1. The number of rotatable bonds is 3. The fraction of sp³-hybridized carbons (Fsp3) is 0.0833. The van der Waals surface area contributed by atoms with E-state index in [0.717, 1.165) is 5.56 Å². The van der Waals surface area contributed by atoms with Crippen LogP contribution in [0.4, 0.5) is 5.69 Å². The molecule has 2 rings (SSSR count). The molecule has 0 amide bonds. The summed E-state index contributed by atoms with van der Waals surface area (Å²) in [6.45, 7) is 0.504. The first-order valence-corrected chi connectivity index (χ1v) is 5.64. The molecule has 1 aromatic carbocycles. The van der Waals surface area contributed by atoms with Gasteiger partial charge < -0.3 is 10.5 Å². The molecule has 1 aromatic heterocycles. The highest BCUT2D eigenvalue weighted by Crippen LogP contribution is 2.20. The van der Waals surface area contributed by atoms with Crippen molar-refractivity contribution in [2.75, 3.05) is 5.73 Å². The SMILES string of the molecule is Nc1ccc(OCc2ccccc2)nc1Br. The van der Waals surface area contributed by atoms with E-state index < -0.39 is 0 Å². The molecule has 0 aliphatic carbocycles. The molecule has 3 nitrogen and oxygen atoms in total. The molecule has 0 fully saturated rings. The Bertz CT molecular complexity index is 474. The van der Waals surface area contributed by atoms with Crippen molar-refractivity contribution in [2.45, 2.75) is 6.61 Å². The molecule has 0 saturated heterocycles. The molecule has 1 heterocycles. The van der Waals surface area contributed by atoms with Gasteiger partial charge in [0.05, 0.1) is 5.69 Å². The molecule has 0 aliphatic heterocycles. The predicted molar refractivity (Wildman–Crippen MR) is 67.1 cm³/mol. The first-order chi connectivity index (χ1) is 7.75. The zero-order valence-electron chi connectivity index (χ0n) is 8.56. The van der Waals surface area contributed by atoms with Crippen LogP contribution in [0.3, 0.4) is 0 Å². The normalized spacial score (nSPS) is 10.1. The van der Waals surface area contributed by atoms with Gasteiger partial charge in [0.2, 0.25) is 5.88 Å². The molecule has 0 atom stereocenters. The van der Waals surface area contributed by atoms with Gasteiger partial charge in [-0.1, -0.05) is 30.3 Å². The van der Waals surface area contributed by atoms with E-state index >= 15 is 0 Å². The average molecular weight is 279 g/mol. The predicted octanol–water partition coefficient (Wildman–Crippen LogP) is 3.01. The average Bonchev–Trinajstić information content (AvgIpc) is 2.32. The first kappa shape index (κ1) is 11.0. The van der Waals surface area contributed by atoms with Crippen LogP contribution in [-0.4, -0.2) is 4.98 Å². The molecule has 0 radical (unpaired) electrons. The van der Waals surface area contributed by atoms with Gasteiger partial charge in [-0.15, -0.1) is 0 Å². The maximum absolute atomic E-state index is 5.63. The maximum Gasteiger partial charge on any atom is 0.214 e. The van der Waals surface area contributed by atoms with Crippen molar-refractivity contribution in [1.29, 1.82) is 0 Å². The lowest BCUT2D eigenvalue weighted by atomic mass is 10.2. The van der Waals surface area contributed by atoms with Crippen LogP contribution in [0.1, 0.15) is 5.56 Å². The van der Waals surface area contributed by atoms with Crippen molar-refractivity contribution in [3.8, 4) is 5.88 Å². The Labute approximate surface area is 102 Å². The van der Waals surface area contributed by atoms with Gasteiger partial charge in [0.25, 0.3) is 0 Å². The quantitative estimate of drug-likeness (QED) is 0.878. The molecular weight excluding hydrogens is 268 g/mol. The number of aromatic nitrogens is 1. The fourth-order valence-electron chi connectivity index (χ4n) is 1.24. The minimum atomic E-state index is 0.504. The van der Waals surface area contributed by atoms with E-state index in [-0.39, 0.29) is 0 Å². The third-order valence-electron chi connectivity index (χ3n) is 2.08. The summed E-state index contributed by atoms with van der Waals surface area (Å²) < 4.78 is 6.14. The van der Waals surface area contributed by atoms with Gasteiger partial charge in [-0.2, -0.15) is 0 Å². The highest BCUT2D eigenvalue weighted by molar-refractivity contribution is 9.10. The van der Waals surface area contributed by atoms with Crippen LogP contribution in [0.5, 0.6) is 5.88 Å². The summed E-state index contributed by atoms with van der Waals surface area (Å²) >= 11 is 3.26. The van der Waals surface area contributed by atoms with Crippen LogP contribution in [0.25, 0.3) is 0 Å². The van der Waals surface area contributed by atoms with Crippen LogP contribution in [0.2, 0.25) is 0 Å². The van der Waals surface area contributed by atoms with Gasteiger partial charge in [-0.05, 0) is 27.6 Å². The van der Waals surface area contributed by atoms with Crippen molar-refractivity contribution in [2.24, 2.45) is 0 Å².